The first-order valence-corrected chi connectivity index (χ1v) is 7.44. The molecule has 1 aliphatic rings. The molecule has 1 heterocycles. The van der Waals surface area contributed by atoms with Crippen molar-refractivity contribution < 1.29 is 14.3 Å². The Morgan fingerprint density at radius 2 is 2.19 bits per heavy atom. The van der Waals surface area contributed by atoms with Crippen LogP contribution in [-0.2, 0) is 11.3 Å². The van der Waals surface area contributed by atoms with E-state index in [-0.39, 0.29) is 37.5 Å². The van der Waals surface area contributed by atoms with E-state index < -0.39 is 0 Å². The number of benzene rings is 1. The monoisotopic (exact) mass is 294 g/mol. The maximum Gasteiger partial charge on any atom is 0.236 e. The summed E-state index contributed by atoms with van der Waals surface area (Å²) in [5.74, 6) is -0.332. The fourth-order valence-electron chi connectivity index (χ4n) is 2.74. The summed E-state index contributed by atoms with van der Waals surface area (Å²) < 4.78 is 13.6. The Morgan fingerprint density at radius 1 is 1.43 bits per heavy atom. The highest BCUT2D eigenvalue weighted by Gasteiger charge is 2.24. The Hall–Kier alpha value is -1.46. The molecule has 0 aliphatic carbocycles. The molecular weight excluding hydrogens is 271 g/mol. The molecule has 1 N–H and O–H groups in total. The van der Waals surface area contributed by atoms with E-state index in [1.54, 1.807) is 30.1 Å². The number of aliphatic hydroxyl groups excluding tert-OH is 1. The van der Waals surface area contributed by atoms with Crippen LogP contribution in [-0.4, -0.2) is 53.6 Å². The first-order chi connectivity index (χ1) is 10.1. The van der Waals surface area contributed by atoms with Gasteiger partial charge in [-0.05, 0) is 25.5 Å². The van der Waals surface area contributed by atoms with Gasteiger partial charge in [0.1, 0.15) is 5.82 Å². The minimum atomic E-state index is -0.289. The molecule has 5 heteroatoms. The molecule has 1 atom stereocenters. The smallest absolute Gasteiger partial charge is 0.236 e. The number of carbonyl (C=O) groups is 1. The SMILES string of the molecule is CN(Cc1ccccc1F)C(=O)CN1CCCCC1CO. The molecule has 116 valence electrons. The molecule has 1 saturated heterocycles. The van der Waals surface area contributed by atoms with Gasteiger partial charge in [0.2, 0.25) is 5.91 Å². The molecule has 1 aromatic rings. The number of piperidine rings is 1. The second-order valence-electron chi connectivity index (χ2n) is 5.64. The Labute approximate surface area is 125 Å². The lowest BCUT2D eigenvalue weighted by molar-refractivity contribution is -0.132. The highest BCUT2D eigenvalue weighted by atomic mass is 19.1. The summed E-state index contributed by atoms with van der Waals surface area (Å²) in [7, 11) is 1.69. The number of likely N-dealkylation sites (N-methyl/N-ethyl adjacent to an activating group) is 1. The zero-order valence-corrected chi connectivity index (χ0v) is 12.5. The van der Waals surface area contributed by atoms with Crippen molar-refractivity contribution in [3.05, 3.63) is 35.6 Å². The Balaban J connectivity index is 1.91. The van der Waals surface area contributed by atoms with Gasteiger partial charge in [-0.3, -0.25) is 9.69 Å². The van der Waals surface area contributed by atoms with Crippen molar-refractivity contribution in [1.29, 1.82) is 0 Å². The van der Waals surface area contributed by atoms with Gasteiger partial charge in [0.25, 0.3) is 0 Å². The van der Waals surface area contributed by atoms with Gasteiger partial charge in [0.15, 0.2) is 0 Å². The summed E-state index contributed by atoms with van der Waals surface area (Å²) in [6, 6.07) is 6.57. The van der Waals surface area contributed by atoms with Gasteiger partial charge < -0.3 is 10.0 Å². The molecule has 1 unspecified atom stereocenters. The number of rotatable bonds is 5. The highest BCUT2D eigenvalue weighted by Crippen LogP contribution is 2.17. The van der Waals surface area contributed by atoms with Gasteiger partial charge in [-0.25, -0.2) is 4.39 Å². The quantitative estimate of drug-likeness (QED) is 0.897. The zero-order chi connectivity index (χ0) is 15.2. The van der Waals surface area contributed by atoms with Crippen LogP contribution in [0.5, 0.6) is 0 Å². The third-order valence-corrected chi connectivity index (χ3v) is 4.09. The van der Waals surface area contributed by atoms with Crippen molar-refractivity contribution in [2.75, 3.05) is 26.7 Å². The molecule has 1 fully saturated rings. The highest BCUT2D eigenvalue weighted by molar-refractivity contribution is 5.78. The average molecular weight is 294 g/mol. The molecule has 0 aromatic heterocycles. The summed E-state index contributed by atoms with van der Waals surface area (Å²) in [5.41, 5.74) is 0.519. The van der Waals surface area contributed by atoms with Crippen molar-refractivity contribution >= 4 is 5.91 Å². The van der Waals surface area contributed by atoms with E-state index in [2.05, 4.69) is 0 Å². The van der Waals surface area contributed by atoms with Crippen LogP contribution in [0.1, 0.15) is 24.8 Å². The Kier molecular flexibility index (Phi) is 5.70. The fourth-order valence-corrected chi connectivity index (χ4v) is 2.74. The van der Waals surface area contributed by atoms with Gasteiger partial charge in [-0.2, -0.15) is 0 Å². The van der Waals surface area contributed by atoms with E-state index in [1.807, 2.05) is 4.90 Å². The Morgan fingerprint density at radius 3 is 2.90 bits per heavy atom. The molecule has 21 heavy (non-hydrogen) atoms. The van der Waals surface area contributed by atoms with E-state index in [4.69, 9.17) is 0 Å². The number of hydrogen-bond acceptors (Lipinski definition) is 3. The number of aliphatic hydroxyl groups is 1. The van der Waals surface area contributed by atoms with Crippen LogP contribution in [0, 0.1) is 5.82 Å². The largest absolute Gasteiger partial charge is 0.395 e. The number of nitrogens with zero attached hydrogens (tertiary/aromatic N) is 2. The maximum atomic E-state index is 13.6. The molecule has 2 rings (SSSR count). The molecule has 1 amide bonds. The number of carbonyl (C=O) groups excluding carboxylic acids is 1. The number of likely N-dealkylation sites (tertiary alicyclic amines) is 1. The van der Waals surface area contributed by atoms with Crippen LogP contribution in [0.15, 0.2) is 24.3 Å². The lowest BCUT2D eigenvalue weighted by Crippen LogP contribution is -2.47. The minimum Gasteiger partial charge on any atom is -0.395 e. The van der Waals surface area contributed by atoms with Gasteiger partial charge >= 0.3 is 0 Å². The van der Waals surface area contributed by atoms with Crippen molar-refractivity contribution in [2.45, 2.75) is 31.8 Å². The maximum absolute atomic E-state index is 13.6. The minimum absolute atomic E-state index is 0.0430. The zero-order valence-electron chi connectivity index (χ0n) is 12.5. The van der Waals surface area contributed by atoms with Crippen LogP contribution in [0.2, 0.25) is 0 Å². The van der Waals surface area contributed by atoms with Crippen LogP contribution in [0.3, 0.4) is 0 Å². The van der Waals surface area contributed by atoms with E-state index in [9.17, 15) is 14.3 Å². The summed E-state index contributed by atoms with van der Waals surface area (Å²) in [4.78, 5) is 15.8. The first kappa shape index (κ1) is 15.9. The average Bonchev–Trinajstić information content (AvgIpc) is 2.50. The molecule has 1 aliphatic heterocycles. The van der Waals surface area contributed by atoms with Crippen LogP contribution >= 0.6 is 0 Å². The standard InChI is InChI=1S/C16H23FN2O2/c1-18(10-13-6-2-3-8-15(13)17)16(21)11-19-9-5-4-7-14(19)12-20/h2-3,6,8,14,20H,4-5,7,9-12H2,1H3. The lowest BCUT2D eigenvalue weighted by atomic mass is 10.0. The third-order valence-electron chi connectivity index (χ3n) is 4.09. The van der Waals surface area contributed by atoms with Crippen LogP contribution < -0.4 is 0 Å². The number of hydrogen-bond donors (Lipinski definition) is 1. The van der Waals surface area contributed by atoms with Crippen LogP contribution in [0.4, 0.5) is 4.39 Å². The summed E-state index contributed by atoms with van der Waals surface area (Å²) >= 11 is 0. The Bertz CT molecular complexity index is 481. The van der Waals surface area contributed by atoms with Crippen LogP contribution in [0.25, 0.3) is 0 Å². The molecule has 1 aromatic carbocycles. The number of amides is 1. The van der Waals surface area contributed by atoms with E-state index in [0.29, 0.717) is 5.56 Å². The molecular formula is C16H23FN2O2. The first-order valence-electron chi connectivity index (χ1n) is 7.44. The fraction of sp³-hybridized carbons (Fsp3) is 0.562. The molecule has 0 bridgehead atoms. The summed E-state index contributed by atoms with van der Waals surface area (Å²) in [5, 5.41) is 9.37. The van der Waals surface area contributed by atoms with Gasteiger partial charge in [-0.15, -0.1) is 0 Å². The van der Waals surface area contributed by atoms with Crippen molar-refractivity contribution in [3.8, 4) is 0 Å². The molecule has 0 radical (unpaired) electrons. The van der Waals surface area contributed by atoms with Crippen molar-refractivity contribution in [2.24, 2.45) is 0 Å². The summed E-state index contributed by atoms with van der Waals surface area (Å²) in [6.45, 7) is 1.48. The van der Waals surface area contributed by atoms with Crippen molar-refractivity contribution in [3.63, 3.8) is 0 Å². The molecule has 4 nitrogen and oxygen atoms in total. The molecule has 0 spiro atoms. The van der Waals surface area contributed by atoms with E-state index >= 15 is 0 Å². The summed E-state index contributed by atoms with van der Waals surface area (Å²) in [6.07, 6.45) is 3.09. The van der Waals surface area contributed by atoms with Gasteiger partial charge in [0, 0.05) is 25.2 Å². The predicted octanol–water partition coefficient (Wildman–Crippen LogP) is 1.63. The second-order valence-corrected chi connectivity index (χ2v) is 5.64. The van der Waals surface area contributed by atoms with Gasteiger partial charge in [-0.1, -0.05) is 24.6 Å². The predicted molar refractivity (Wildman–Crippen MR) is 79.2 cm³/mol. The van der Waals surface area contributed by atoms with E-state index in [1.165, 1.54) is 6.07 Å². The van der Waals surface area contributed by atoms with Crippen molar-refractivity contribution in [1.82, 2.24) is 9.80 Å². The lowest BCUT2D eigenvalue weighted by Gasteiger charge is -2.34. The topological polar surface area (TPSA) is 43.8 Å². The van der Waals surface area contributed by atoms with E-state index in [0.717, 1.165) is 25.8 Å². The van der Waals surface area contributed by atoms with Gasteiger partial charge in [0.05, 0.1) is 13.2 Å². The second kappa shape index (κ2) is 7.52. The molecule has 0 saturated carbocycles. The number of halogens is 1. The third kappa shape index (κ3) is 4.25. The normalized spacial score (nSPS) is 19.5.